The highest BCUT2D eigenvalue weighted by Crippen LogP contribution is 2.39. The van der Waals surface area contributed by atoms with Gasteiger partial charge in [-0.1, -0.05) is 24.3 Å². The molecular weight excluding hydrogens is 512 g/mol. The Balaban J connectivity index is 1.63. The van der Waals surface area contributed by atoms with Crippen LogP contribution in [0.25, 0.3) is 22.2 Å². The molecule has 10 heteroatoms. The fourth-order valence-electron chi connectivity index (χ4n) is 4.22. The Morgan fingerprint density at radius 2 is 1.65 bits per heavy atom. The molecular formula is C27H19F6N3S. The Morgan fingerprint density at radius 1 is 0.919 bits per heavy atom. The fraction of sp³-hybridized carbons (Fsp3) is 0.148. The molecule has 0 amide bonds. The molecule has 3 nitrogen and oxygen atoms in total. The van der Waals surface area contributed by atoms with Gasteiger partial charge >= 0.3 is 6.18 Å². The summed E-state index contributed by atoms with van der Waals surface area (Å²) in [6.07, 6.45) is -4.69. The topological polar surface area (TPSA) is 29.9 Å². The maximum absolute atomic E-state index is 14.5. The number of halogens is 6. The first-order valence-electron chi connectivity index (χ1n) is 11.2. The van der Waals surface area contributed by atoms with Crippen molar-refractivity contribution < 1.29 is 26.3 Å². The van der Waals surface area contributed by atoms with Crippen LogP contribution < -0.4 is 5.32 Å². The summed E-state index contributed by atoms with van der Waals surface area (Å²) in [5, 5.41) is 7.60. The normalized spacial score (nSPS) is 11.9. The van der Waals surface area contributed by atoms with Gasteiger partial charge in [-0.15, -0.1) is 11.3 Å². The van der Waals surface area contributed by atoms with Gasteiger partial charge in [-0.3, -0.25) is 4.68 Å². The van der Waals surface area contributed by atoms with Crippen molar-refractivity contribution in [2.75, 3.05) is 5.32 Å². The van der Waals surface area contributed by atoms with E-state index in [9.17, 15) is 26.3 Å². The second kappa shape index (κ2) is 9.59. The van der Waals surface area contributed by atoms with E-state index in [4.69, 9.17) is 0 Å². The van der Waals surface area contributed by atoms with Crippen LogP contribution in [-0.2, 0) is 19.3 Å². The van der Waals surface area contributed by atoms with Crippen molar-refractivity contribution in [1.82, 2.24) is 9.78 Å². The third kappa shape index (κ3) is 5.06. The fourth-order valence-corrected chi connectivity index (χ4v) is 5.05. The molecule has 5 aromatic rings. The first kappa shape index (κ1) is 24.9. The monoisotopic (exact) mass is 531 g/mol. The summed E-state index contributed by atoms with van der Waals surface area (Å²) in [5.74, 6) is -3.40. The second-order valence-corrected chi connectivity index (χ2v) is 9.87. The lowest BCUT2D eigenvalue weighted by atomic mass is 10.0. The smallest absolute Gasteiger partial charge is 0.380 e. The molecule has 190 valence electrons. The lowest BCUT2D eigenvalue weighted by Crippen LogP contribution is -2.09. The molecule has 0 aliphatic carbocycles. The van der Waals surface area contributed by atoms with E-state index in [1.165, 1.54) is 17.0 Å². The largest absolute Gasteiger partial charge is 0.418 e. The zero-order valence-electron chi connectivity index (χ0n) is 19.3. The van der Waals surface area contributed by atoms with Gasteiger partial charge in [0.1, 0.15) is 23.0 Å². The molecule has 0 saturated heterocycles. The van der Waals surface area contributed by atoms with E-state index in [-0.39, 0.29) is 16.6 Å². The van der Waals surface area contributed by atoms with Crippen molar-refractivity contribution in [3.63, 3.8) is 0 Å². The van der Waals surface area contributed by atoms with E-state index in [0.29, 0.717) is 29.9 Å². The lowest BCUT2D eigenvalue weighted by molar-refractivity contribution is -0.136. The molecule has 0 fully saturated rings. The molecule has 1 N–H and O–H groups in total. The van der Waals surface area contributed by atoms with Crippen LogP contribution in [0.3, 0.4) is 0 Å². The van der Waals surface area contributed by atoms with Crippen LogP contribution in [0.2, 0.25) is 0 Å². The third-order valence-corrected chi connectivity index (χ3v) is 6.89. The molecule has 0 bridgehead atoms. The van der Waals surface area contributed by atoms with E-state index in [1.807, 2.05) is 25.1 Å². The van der Waals surface area contributed by atoms with E-state index in [1.54, 1.807) is 29.5 Å². The van der Waals surface area contributed by atoms with Gasteiger partial charge in [0, 0.05) is 50.6 Å². The van der Waals surface area contributed by atoms with Crippen molar-refractivity contribution in [1.29, 1.82) is 0 Å². The molecule has 5 rings (SSSR count). The summed E-state index contributed by atoms with van der Waals surface area (Å²) in [6, 6.07) is 15.7. The minimum absolute atomic E-state index is 0.170. The first-order chi connectivity index (χ1) is 17.6. The number of rotatable bonds is 6. The molecule has 2 heterocycles. The van der Waals surface area contributed by atoms with Gasteiger partial charge < -0.3 is 5.32 Å². The summed E-state index contributed by atoms with van der Waals surface area (Å²) in [7, 11) is 0. The van der Waals surface area contributed by atoms with Gasteiger partial charge in [0.15, 0.2) is 0 Å². The van der Waals surface area contributed by atoms with Crippen LogP contribution in [-0.4, -0.2) is 9.78 Å². The summed E-state index contributed by atoms with van der Waals surface area (Å²) >= 11 is 1.64. The minimum atomic E-state index is -4.69. The summed E-state index contributed by atoms with van der Waals surface area (Å²) in [6.45, 7) is 2.01. The van der Waals surface area contributed by atoms with Gasteiger partial charge in [0.25, 0.3) is 0 Å². The van der Waals surface area contributed by atoms with Gasteiger partial charge in [-0.05, 0) is 37.3 Å². The summed E-state index contributed by atoms with van der Waals surface area (Å²) in [5.41, 5.74) is -0.369. The number of benzene rings is 3. The molecule has 0 aliphatic heterocycles. The molecule has 0 aliphatic rings. The Kier molecular flexibility index (Phi) is 6.45. The Hall–Kier alpha value is -3.79. The molecule has 0 radical (unpaired) electrons. The van der Waals surface area contributed by atoms with Crippen molar-refractivity contribution in [2.24, 2.45) is 0 Å². The van der Waals surface area contributed by atoms with Crippen molar-refractivity contribution in [3.8, 4) is 11.3 Å². The molecule has 0 spiro atoms. The maximum Gasteiger partial charge on any atom is 0.418 e. The molecule has 3 aromatic carbocycles. The van der Waals surface area contributed by atoms with Crippen LogP contribution in [0.4, 0.5) is 32.0 Å². The van der Waals surface area contributed by atoms with Crippen LogP contribution in [0.15, 0.2) is 66.7 Å². The molecule has 2 aromatic heterocycles. The predicted molar refractivity (Wildman–Crippen MR) is 132 cm³/mol. The summed E-state index contributed by atoms with van der Waals surface area (Å²) in [4.78, 5) is 2.28. The van der Waals surface area contributed by atoms with Crippen LogP contribution in [0, 0.1) is 24.4 Å². The van der Waals surface area contributed by atoms with Gasteiger partial charge in [-0.25, -0.2) is 13.2 Å². The zero-order valence-corrected chi connectivity index (χ0v) is 20.2. The number of alkyl halides is 3. The average Bonchev–Trinajstić information content (AvgIpc) is 3.42. The highest BCUT2D eigenvalue weighted by atomic mass is 32.1. The molecule has 0 unspecified atom stereocenters. The van der Waals surface area contributed by atoms with Crippen LogP contribution >= 0.6 is 11.3 Å². The number of aryl methyl sites for hydroxylation is 1. The number of fused-ring (bicyclic) bond motifs is 1. The van der Waals surface area contributed by atoms with E-state index >= 15 is 0 Å². The predicted octanol–water partition coefficient (Wildman–Crippen LogP) is 8.17. The van der Waals surface area contributed by atoms with Crippen LogP contribution in [0.5, 0.6) is 0 Å². The minimum Gasteiger partial charge on any atom is -0.380 e. The van der Waals surface area contributed by atoms with Gasteiger partial charge in [0.05, 0.1) is 17.8 Å². The second-order valence-electron chi connectivity index (χ2n) is 8.50. The number of hydrogen-bond donors (Lipinski definition) is 1. The number of aromatic nitrogens is 2. The van der Waals surface area contributed by atoms with Crippen molar-refractivity contribution >= 4 is 27.9 Å². The van der Waals surface area contributed by atoms with Crippen molar-refractivity contribution in [2.45, 2.75) is 26.2 Å². The van der Waals surface area contributed by atoms with E-state index in [0.717, 1.165) is 15.6 Å². The number of anilines is 1. The van der Waals surface area contributed by atoms with Crippen molar-refractivity contribution in [3.05, 3.63) is 105 Å². The molecule has 0 saturated carbocycles. The maximum atomic E-state index is 14.5. The van der Waals surface area contributed by atoms with Gasteiger partial charge in [0.2, 0.25) is 0 Å². The molecule has 37 heavy (non-hydrogen) atoms. The van der Waals surface area contributed by atoms with E-state index in [2.05, 4.69) is 10.4 Å². The number of nitrogens with one attached hydrogen (secondary N) is 1. The van der Waals surface area contributed by atoms with Crippen LogP contribution in [0.1, 0.15) is 20.9 Å². The average molecular weight is 532 g/mol. The molecule has 0 atom stereocenters. The quantitative estimate of drug-likeness (QED) is 0.224. The Morgan fingerprint density at radius 3 is 2.32 bits per heavy atom. The number of nitrogens with zero attached hydrogens (tertiary/aromatic N) is 2. The SMILES string of the molecule is Cc1ccc(CNc2cccc(-c3c4cccc(C(F)(F)F)c4nn3Cc3c(F)cc(F)cc3F)c2)s1. The zero-order chi connectivity index (χ0) is 26.3. The highest BCUT2D eigenvalue weighted by Gasteiger charge is 2.34. The Labute approximate surface area is 212 Å². The van der Waals surface area contributed by atoms with Gasteiger partial charge in [-0.2, -0.15) is 18.3 Å². The highest BCUT2D eigenvalue weighted by molar-refractivity contribution is 7.11. The number of thiophene rings is 1. The lowest BCUT2D eigenvalue weighted by Gasteiger charge is -2.12. The summed E-state index contributed by atoms with van der Waals surface area (Å²) < 4.78 is 84.8. The Bertz CT molecular complexity index is 1580. The number of hydrogen-bond acceptors (Lipinski definition) is 3. The standard InChI is InChI=1S/C27H19F6N3S/c1-15-8-9-19(37-15)13-34-18-5-2-4-16(10-18)26-20-6-3-7-22(27(31,32)33)25(20)35-36(26)14-21-23(29)11-17(28)12-24(21)30/h2-12,34H,13-14H2,1H3. The van der Waals surface area contributed by atoms with E-state index < -0.39 is 41.3 Å². The first-order valence-corrected chi connectivity index (χ1v) is 12.0. The third-order valence-electron chi connectivity index (χ3n) is 5.89.